The summed E-state index contributed by atoms with van der Waals surface area (Å²) >= 11 is 0. The molecule has 0 bridgehead atoms. The Morgan fingerprint density at radius 2 is 0.900 bits per heavy atom. The molecule has 2 aromatic rings. The number of hydrogen-bond donors (Lipinski definition) is 2. The number of nitrogens with zero attached hydrogens (tertiary/aromatic N) is 2. The number of benzene rings is 2. The second-order valence-corrected chi connectivity index (χ2v) is 7.50. The highest BCUT2D eigenvalue weighted by Crippen LogP contribution is 2.13. The Bertz CT molecular complexity index is 725. The monoisotopic (exact) mass is 412 g/mol. The molecule has 0 spiro atoms. The summed E-state index contributed by atoms with van der Waals surface area (Å²) in [5, 5.41) is 14.8. The van der Waals surface area contributed by atoms with Gasteiger partial charge in [-0.05, 0) is 35.1 Å². The smallest absolute Gasteiger partial charge is 0.414 e. The van der Waals surface area contributed by atoms with Gasteiger partial charge in [-0.2, -0.15) is 0 Å². The fourth-order valence-corrected chi connectivity index (χ4v) is 3.38. The van der Waals surface area contributed by atoms with E-state index in [1.165, 1.54) is 48.4 Å². The molecule has 0 unspecified atom stereocenters. The lowest BCUT2D eigenvalue weighted by atomic mass is 10.1. The molecular formula is C24H32N2O4. The summed E-state index contributed by atoms with van der Waals surface area (Å²) in [5.74, 6) is -3.65. The number of carboxylic acids is 2. The molecule has 1 fully saturated rings. The van der Waals surface area contributed by atoms with E-state index in [4.69, 9.17) is 19.8 Å². The zero-order valence-corrected chi connectivity index (χ0v) is 17.9. The molecule has 162 valence electrons. The third-order valence-corrected chi connectivity index (χ3v) is 5.32. The largest absolute Gasteiger partial charge is 0.473 e. The Balaban J connectivity index is 0.000000469. The Morgan fingerprint density at radius 1 is 0.633 bits per heavy atom. The Morgan fingerprint density at radius 3 is 1.13 bits per heavy atom. The van der Waals surface area contributed by atoms with Gasteiger partial charge in [0.15, 0.2) is 0 Å². The maximum Gasteiger partial charge on any atom is 0.414 e. The SMILES string of the molecule is CCc1ccc(CN2CCN(Cc3ccc(CC)cc3)CC2)cc1.O=C(O)C(=O)O. The van der Waals surface area contributed by atoms with Gasteiger partial charge < -0.3 is 10.2 Å². The van der Waals surface area contributed by atoms with E-state index in [1.54, 1.807) is 0 Å². The van der Waals surface area contributed by atoms with E-state index in [0.29, 0.717) is 0 Å². The number of carbonyl (C=O) groups is 2. The van der Waals surface area contributed by atoms with E-state index in [-0.39, 0.29) is 0 Å². The number of hydrogen-bond acceptors (Lipinski definition) is 4. The van der Waals surface area contributed by atoms with Gasteiger partial charge in [0, 0.05) is 39.3 Å². The van der Waals surface area contributed by atoms with Crippen molar-refractivity contribution < 1.29 is 19.8 Å². The van der Waals surface area contributed by atoms with Crippen molar-refractivity contribution in [2.45, 2.75) is 39.8 Å². The molecule has 6 nitrogen and oxygen atoms in total. The van der Waals surface area contributed by atoms with Crippen LogP contribution in [0.1, 0.15) is 36.1 Å². The number of piperazine rings is 1. The maximum absolute atomic E-state index is 9.10. The van der Waals surface area contributed by atoms with Crippen LogP contribution >= 0.6 is 0 Å². The van der Waals surface area contributed by atoms with Crippen LogP contribution < -0.4 is 0 Å². The first-order valence-electron chi connectivity index (χ1n) is 10.5. The van der Waals surface area contributed by atoms with Crippen LogP contribution in [0, 0.1) is 0 Å². The van der Waals surface area contributed by atoms with Crippen LogP contribution in [0.3, 0.4) is 0 Å². The van der Waals surface area contributed by atoms with Crippen LogP contribution in [0.5, 0.6) is 0 Å². The summed E-state index contributed by atoms with van der Waals surface area (Å²) in [5.41, 5.74) is 5.74. The van der Waals surface area contributed by atoms with E-state index in [2.05, 4.69) is 72.2 Å². The Labute approximate surface area is 178 Å². The van der Waals surface area contributed by atoms with E-state index < -0.39 is 11.9 Å². The molecular weight excluding hydrogens is 380 g/mol. The second kappa shape index (κ2) is 12.1. The minimum atomic E-state index is -1.82. The second-order valence-electron chi connectivity index (χ2n) is 7.50. The fraction of sp³-hybridized carbons (Fsp3) is 0.417. The van der Waals surface area contributed by atoms with E-state index in [1.807, 2.05) is 0 Å². The van der Waals surface area contributed by atoms with Crippen LogP contribution in [-0.2, 0) is 35.5 Å². The lowest BCUT2D eigenvalue weighted by molar-refractivity contribution is -0.159. The molecule has 0 radical (unpaired) electrons. The number of rotatable bonds is 6. The lowest BCUT2D eigenvalue weighted by Gasteiger charge is -2.34. The molecule has 2 aromatic carbocycles. The van der Waals surface area contributed by atoms with Crippen LogP contribution in [-0.4, -0.2) is 58.1 Å². The van der Waals surface area contributed by atoms with Crippen molar-refractivity contribution in [3.63, 3.8) is 0 Å². The Hall–Kier alpha value is -2.70. The number of carboxylic acid groups (broad SMARTS) is 2. The standard InChI is InChI=1S/C22H30N2.C2H2O4/c1-3-19-5-9-21(10-6-19)17-23-13-15-24(16-14-23)18-22-11-7-20(4-2)8-12-22;3-1(4)2(5)6/h5-12H,3-4,13-18H2,1-2H3;(H,3,4)(H,5,6). The summed E-state index contributed by atoms with van der Waals surface area (Å²) in [6, 6.07) is 18.2. The molecule has 1 aliphatic heterocycles. The normalized spacial score (nSPS) is 14.6. The van der Waals surface area contributed by atoms with Crippen molar-refractivity contribution in [1.82, 2.24) is 9.80 Å². The van der Waals surface area contributed by atoms with Crippen molar-refractivity contribution >= 4 is 11.9 Å². The summed E-state index contributed by atoms with van der Waals surface area (Å²) in [7, 11) is 0. The zero-order chi connectivity index (χ0) is 21.9. The van der Waals surface area contributed by atoms with E-state index in [0.717, 1.165) is 25.9 Å². The van der Waals surface area contributed by atoms with E-state index in [9.17, 15) is 0 Å². The first-order chi connectivity index (χ1) is 14.4. The molecule has 0 aromatic heterocycles. The van der Waals surface area contributed by atoms with Crippen LogP contribution in [0.25, 0.3) is 0 Å². The van der Waals surface area contributed by atoms with Crippen molar-refractivity contribution in [3.05, 3.63) is 70.8 Å². The molecule has 6 heteroatoms. The lowest BCUT2D eigenvalue weighted by Crippen LogP contribution is -2.45. The minimum Gasteiger partial charge on any atom is -0.473 e. The third kappa shape index (κ3) is 7.97. The molecule has 2 N–H and O–H groups in total. The van der Waals surface area contributed by atoms with Crippen molar-refractivity contribution in [2.75, 3.05) is 26.2 Å². The topological polar surface area (TPSA) is 81.1 Å². The summed E-state index contributed by atoms with van der Waals surface area (Å²) in [6.45, 7) is 11.3. The van der Waals surface area contributed by atoms with Gasteiger partial charge in [0.05, 0.1) is 0 Å². The maximum atomic E-state index is 9.10. The average Bonchev–Trinajstić information content (AvgIpc) is 2.76. The van der Waals surface area contributed by atoms with Crippen LogP contribution in [0.2, 0.25) is 0 Å². The molecule has 0 amide bonds. The molecule has 30 heavy (non-hydrogen) atoms. The molecule has 1 aliphatic rings. The van der Waals surface area contributed by atoms with Crippen LogP contribution in [0.4, 0.5) is 0 Å². The quantitative estimate of drug-likeness (QED) is 0.709. The summed E-state index contributed by atoms with van der Waals surface area (Å²) < 4.78 is 0. The summed E-state index contributed by atoms with van der Waals surface area (Å²) in [6.07, 6.45) is 2.25. The highest BCUT2D eigenvalue weighted by molar-refractivity contribution is 6.27. The van der Waals surface area contributed by atoms with Gasteiger partial charge in [0.25, 0.3) is 0 Å². The van der Waals surface area contributed by atoms with Gasteiger partial charge in [-0.15, -0.1) is 0 Å². The van der Waals surface area contributed by atoms with Crippen molar-refractivity contribution in [1.29, 1.82) is 0 Å². The molecule has 3 rings (SSSR count). The van der Waals surface area contributed by atoms with Gasteiger partial charge in [0.2, 0.25) is 0 Å². The molecule has 1 saturated heterocycles. The van der Waals surface area contributed by atoms with Crippen molar-refractivity contribution in [3.8, 4) is 0 Å². The molecule has 0 atom stereocenters. The molecule has 0 saturated carbocycles. The van der Waals surface area contributed by atoms with Gasteiger partial charge in [-0.25, -0.2) is 9.59 Å². The minimum absolute atomic E-state index is 1.09. The highest BCUT2D eigenvalue weighted by Gasteiger charge is 2.17. The Kier molecular flexibility index (Phi) is 9.51. The number of aliphatic carboxylic acids is 2. The van der Waals surface area contributed by atoms with Gasteiger partial charge in [0.1, 0.15) is 0 Å². The highest BCUT2D eigenvalue weighted by atomic mass is 16.4. The number of aryl methyl sites for hydroxylation is 2. The fourth-order valence-electron chi connectivity index (χ4n) is 3.38. The first kappa shape index (κ1) is 23.6. The van der Waals surface area contributed by atoms with Gasteiger partial charge >= 0.3 is 11.9 Å². The van der Waals surface area contributed by atoms with E-state index >= 15 is 0 Å². The van der Waals surface area contributed by atoms with Crippen molar-refractivity contribution in [2.24, 2.45) is 0 Å². The summed E-state index contributed by atoms with van der Waals surface area (Å²) in [4.78, 5) is 23.4. The van der Waals surface area contributed by atoms with Gasteiger partial charge in [-0.3, -0.25) is 9.80 Å². The van der Waals surface area contributed by atoms with Crippen LogP contribution in [0.15, 0.2) is 48.5 Å². The predicted molar refractivity (Wildman–Crippen MR) is 117 cm³/mol. The first-order valence-corrected chi connectivity index (χ1v) is 10.5. The molecule has 1 heterocycles. The predicted octanol–water partition coefficient (Wildman–Crippen LogP) is 3.28. The third-order valence-electron chi connectivity index (χ3n) is 5.32. The average molecular weight is 413 g/mol. The zero-order valence-electron chi connectivity index (χ0n) is 17.9. The van der Waals surface area contributed by atoms with Gasteiger partial charge in [-0.1, -0.05) is 62.4 Å². The molecule has 0 aliphatic carbocycles.